The van der Waals surface area contributed by atoms with Gasteiger partial charge < -0.3 is 14.3 Å². The van der Waals surface area contributed by atoms with Gasteiger partial charge in [0.05, 0.1) is 5.69 Å². The van der Waals surface area contributed by atoms with Crippen LogP contribution in [0.3, 0.4) is 0 Å². The summed E-state index contributed by atoms with van der Waals surface area (Å²) in [5, 5.41) is 3.80. The van der Waals surface area contributed by atoms with Gasteiger partial charge in [-0.15, -0.1) is 0 Å². The first-order valence-corrected chi connectivity index (χ1v) is 10.1. The molecule has 2 amide bonds. The first-order valence-electron chi connectivity index (χ1n) is 10.1. The highest BCUT2D eigenvalue weighted by atomic mass is 16.5. The van der Waals surface area contributed by atoms with E-state index >= 15 is 0 Å². The first kappa shape index (κ1) is 18.7. The van der Waals surface area contributed by atoms with E-state index in [2.05, 4.69) is 17.1 Å². The van der Waals surface area contributed by atoms with E-state index < -0.39 is 0 Å². The summed E-state index contributed by atoms with van der Waals surface area (Å²) in [6.45, 7) is 4.98. The van der Waals surface area contributed by atoms with Crippen LogP contribution in [0.2, 0.25) is 0 Å². The lowest BCUT2D eigenvalue weighted by atomic mass is 10.00. The van der Waals surface area contributed by atoms with Crippen molar-refractivity contribution in [2.24, 2.45) is 0 Å². The highest BCUT2D eigenvalue weighted by molar-refractivity contribution is 5.98. The number of carbonyl (C=O) groups is 2. The number of fused-ring (bicyclic) bond motifs is 2. The first-order chi connectivity index (χ1) is 13.6. The molecule has 7 heteroatoms. The molecule has 148 valence electrons. The molecule has 0 aromatic carbocycles. The SMILES string of the molecule is CCCCCCc1ccc2c(n1)C(=O)N1CCN(C(=O)c3conc3C)C1C2. The third-order valence-electron chi connectivity index (χ3n) is 5.73. The van der Waals surface area contributed by atoms with E-state index in [0.29, 0.717) is 36.5 Å². The van der Waals surface area contributed by atoms with Crippen LogP contribution in [-0.2, 0) is 12.8 Å². The molecule has 0 bridgehead atoms. The van der Waals surface area contributed by atoms with Crippen molar-refractivity contribution < 1.29 is 14.1 Å². The molecular formula is C21H26N4O3. The van der Waals surface area contributed by atoms with Crippen molar-refractivity contribution in [3.05, 3.63) is 46.6 Å². The number of amides is 2. The van der Waals surface area contributed by atoms with Crippen molar-refractivity contribution in [1.29, 1.82) is 0 Å². The molecule has 2 aromatic rings. The van der Waals surface area contributed by atoms with E-state index in [1.54, 1.807) is 16.7 Å². The number of aryl methyl sites for hydroxylation is 2. The fourth-order valence-corrected chi connectivity index (χ4v) is 4.11. The van der Waals surface area contributed by atoms with Crippen LogP contribution < -0.4 is 0 Å². The number of hydrogen-bond donors (Lipinski definition) is 0. The molecule has 0 spiro atoms. The largest absolute Gasteiger partial charge is 0.364 e. The van der Waals surface area contributed by atoms with Crippen molar-refractivity contribution in [3.8, 4) is 0 Å². The van der Waals surface area contributed by atoms with Gasteiger partial charge in [0.15, 0.2) is 0 Å². The van der Waals surface area contributed by atoms with Gasteiger partial charge in [-0.2, -0.15) is 0 Å². The summed E-state index contributed by atoms with van der Waals surface area (Å²) >= 11 is 0. The molecule has 0 radical (unpaired) electrons. The molecule has 4 heterocycles. The number of rotatable bonds is 6. The molecule has 1 atom stereocenters. The molecular weight excluding hydrogens is 356 g/mol. The Morgan fingerprint density at radius 3 is 2.86 bits per heavy atom. The van der Waals surface area contributed by atoms with Crippen LogP contribution in [0.1, 0.15) is 70.4 Å². The predicted octanol–water partition coefficient (Wildman–Crippen LogP) is 2.98. The van der Waals surface area contributed by atoms with Crippen molar-refractivity contribution in [2.75, 3.05) is 13.1 Å². The monoisotopic (exact) mass is 382 g/mol. The van der Waals surface area contributed by atoms with E-state index in [4.69, 9.17) is 4.52 Å². The summed E-state index contributed by atoms with van der Waals surface area (Å²) in [7, 11) is 0. The molecule has 4 rings (SSSR count). The summed E-state index contributed by atoms with van der Waals surface area (Å²) in [6, 6.07) is 4.04. The maximum Gasteiger partial charge on any atom is 0.274 e. The molecule has 1 unspecified atom stereocenters. The number of unbranched alkanes of at least 4 members (excludes halogenated alkanes) is 3. The maximum absolute atomic E-state index is 13.0. The fraction of sp³-hybridized carbons (Fsp3) is 0.524. The second-order valence-corrected chi connectivity index (χ2v) is 7.62. The van der Waals surface area contributed by atoms with Gasteiger partial charge in [0.1, 0.15) is 23.7 Å². The Bertz CT molecular complexity index is 892. The van der Waals surface area contributed by atoms with E-state index in [0.717, 1.165) is 24.1 Å². The summed E-state index contributed by atoms with van der Waals surface area (Å²) in [5.41, 5.74) is 3.49. The number of carbonyl (C=O) groups excluding carboxylic acids is 2. The van der Waals surface area contributed by atoms with Crippen LogP contribution in [-0.4, -0.2) is 51.0 Å². The average Bonchev–Trinajstić information content (AvgIpc) is 3.31. The van der Waals surface area contributed by atoms with E-state index in [1.165, 1.54) is 25.5 Å². The second kappa shape index (κ2) is 7.73. The molecule has 28 heavy (non-hydrogen) atoms. The Balaban J connectivity index is 1.52. The summed E-state index contributed by atoms with van der Waals surface area (Å²) < 4.78 is 4.91. The zero-order chi connectivity index (χ0) is 19.7. The molecule has 7 nitrogen and oxygen atoms in total. The smallest absolute Gasteiger partial charge is 0.274 e. The third-order valence-corrected chi connectivity index (χ3v) is 5.73. The van der Waals surface area contributed by atoms with Gasteiger partial charge in [-0.3, -0.25) is 9.59 Å². The van der Waals surface area contributed by atoms with Gasteiger partial charge >= 0.3 is 0 Å². The quantitative estimate of drug-likeness (QED) is 0.718. The number of aromatic nitrogens is 2. The van der Waals surface area contributed by atoms with E-state index in [-0.39, 0.29) is 18.0 Å². The number of nitrogens with zero attached hydrogens (tertiary/aromatic N) is 4. The van der Waals surface area contributed by atoms with Gasteiger partial charge in [0.25, 0.3) is 11.8 Å². The number of hydrogen-bond acceptors (Lipinski definition) is 5. The minimum atomic E-state index is -0.265. The topological polar surface area (TPSA) is 79.5 Å². The highest BCUT2D eigenvalue weighted by Crippen LogP contribution is 2.29. The lowest BCUT2D eigenvalue weighted by Crippen LogP contribution is -2.49. The minimum absolute atomic E-state index is 0.0704. The van der Waals surface area contributed by atoms with Gasteiger partial charge in [-0.05, 0) is 31.4 Å². The highest BCUT2D eigenvalue weighted by Gasteiger charge is 2.43. The maximum atomic E-state index is 13.0. The van der Waals surface area contributed by atoms with E-state index in [1.807, 2.05) is 12.1 Å². The van der Waals surface area contributed by atoms with E-state index in [9.17, 15) is 9.59 Å². The van der Waals surface area contributed by atoms with Gasteiger partial charge in [-0.25, -0.2) is 4.98 Å². The van der Waals surface area contributed by atoms with Crippen molar-refractivity contribution in [2.45, 2.75) is 58.5 Å². The molecule has 1 saturated heterocycles. The lowest BCUT2D eigenvalue weighted by molar-refractivity contribution is 0.0515. The van der Waals surface area contributed by atoms with Crippen LogP contribution in [0.25, 0.3) is 0 Å². The molecule has 2 aliphatic rings. The summed E-state index contributed by atoms with van der Waals surface area (Å²) in [6.07, 6.45) is 7.36. The van der Waals surface area contributed by atoms with Crippen LogP contribution in [0.4, 0.5) is 0 Å². The zero-order valence-electron chi connectivity index (χ0n) is 16.5. The van der Waals surface area contributed by atoms with Crippen LogP contribution in [0.15, 0.2) is 22.9 Å². The fourth-order valence-electron chi connectivity index (χ4n) is 4.11. The Hall–Kier alpha value is -2.70. The standard InChI is InChI=1S/C21H26N4O3/c1-3-4-5-6-7-16-9-8-15-12-18-24(20(26)17-13-28-23-14(17)2)10-11-25(18)21(27)19(15)22-16/h8-9,13,18H,3-7,10-12H2,1-2H3. The zero-order valence-corrected chi connectivity index (χ0v) is 16.5. The van der Waals surface area contributed by atoms with Gasteiger partial charge in [0, 0.05) is 25.2 Å². The molecule has 1 fully saturated rings. The minimum Gasteiger partial charge on any atom is -0.364 e. The van der Waals surface area contributed by atoms with Gasteiger partial charge in [-0.1, -0.05) is 37.4 Å². The molecule has 2 aliphatic heterocycles. The van der Waals surface area contributed by atoms with Crippen molar-refractivity contribution in [1.82, 2.24) is 19.9 Å². The van der Waals surface area contributed by atoms with Crippen LogP contribution in [0, 0.1) is 6.92 Å². The van der Waals surface area contributed by atoms with Crippen LogP contribution in [0.5, 0.6) is 0 Å². The second-order valence-electron chi connectivity index (χ2n) is 7.62. The lowest BCUT2D eigenvalue weighted by Gasteiger charge is -2.34. The van der Waals surface area contributed by atoms with Crippen molar-refractivity contribution >= 4 is 11.8 Å². The Labute approximate surface area is 164 Å². The average molecular weight is 382 g/mol. The predicted molar refractivity (Wildman–Crippen MR) is 103 cm³/mol. The van der Waals surface area contributed by atoms with Crippen molar-refractivity contribution in [3.63, 3.8) is 0 Å². The molecule has 0 saturated carbocycles. The summed E-state index contributed by atoms with van der Waals surface area (Å²) in [4.78, 5) is 34.1. The molecule has 2 aromatic heterocycles. The number of pyridine rings is 1. The molecule has 0 N–H and O–H groups in total. The normalized spacial score (nSPS) is 18.4. The Morgan fingerprint density at radius 2 is 2.11 bits per heavy atom. The van der Waals surface area contributed by atoms with Gasteiger partial charge in [0.2, 0.25) is 0 Å². The Kier molecular flexibility index (Phi) is 5.15. The molecule has 0 aliphatic carbocycles. The summed E-state index contributed by atoms with van der Waals surface area (Å²) in [5.74, 6) is -0.206. The van der Waals surface area contributed by atoms with Crippen LogP contribution >= 0.6 is 0 Å². The third kappa shape index (κ3) is 3.30. The Morgan fingerprint density at radius 1 is 1.25 bits per heavy atom.